The molecule has 0 rings (SSSR count). The van der Waals surface area contributed by atoms with Crippen LogP contribution in [0, 0.1) is 0 Å². The molecule has 0 N–H and O–H groups in total. The van der Waals surface area contributed by atoms with Gasteiger partial charge in [0.1, 0.15) is 10.9 Å². The Kier molecular flexibility index (Phi) is 3.83. The first-order valence-corrected chi connectivity index (χ1v) is 3.64. The van der Waals surface area contributed by atoms with Crippen molar-refractivity contribution < 1.29 is 14.3 Å². The molecule has 0 aliphatic rings. The fraction of sp³-hybridized carbons (Fsp3) is 0.667. The number of halogens is 2. The van der Waals surface area contributed by atoms with Gasteiger partial charge in [-0.2, -0.15) is 0 Å². The van der Waals surface area contributed by atoms with Crippen molar-refractivity contribution in [3.63, 3.8) is 0 Å². The number of esters is 1. The van der Waals surface area contributed by atoms with Crippen LogP contribution in [0.1, 0.15) is 13.8 Å². The average Bonchev–Trinajstić information content (AvgIpc) is 1.80. The summed E-state index contributed by atoms with van der Waals surface area (Å²) in [5.41, 5.74) is 0. The van der Waals surface area contributed by atoms with Crippen LogP contribution < -0.4 is 0 Å². The molecule has 64 valence electrons. The predicted molar refractivity (Wildman–Crippen MR) is 41.8 cm³/mol. The Morgan fingerprint density at radius 3 is 2.18 bits per heavy atom. The van der Waals surface area contributed by atoms with Crippen LogP contribution in [0.2, 0.25) is 0 Å². The molecule has 0 aromatic carbocycles. The zero-order valence-electron chi connectivity index (χ0n) is 6.19. The molecule has 0 saturated carbocycles. The van der Waals surface area contributed by atoms with E-state index in [2.05, 4.69) is 4.74 Å². The summed E-state index contributed by atoms with van der Waals surface area (Å²) in [5.74, 6) is -1.58. The standard InChI is InChI=1S/C6H8Cl2O3/c1-4(9)5(10)11-3-6(2,7)8/h3H2,1-2H3. The van der Waals surface area contributed by atoms with Gasteiger partial charge < -0.3 is 4.74 Å². The summed E-state index contributed by atoms with van der Waals surface area (Å²) in [6, 6.07) is 0. The van der Waals surface area contributed by atoms with Gasteiger partial charge in [0.15, 0.2) is 0 Å². The summed E-state index contributed by atoms with van der Waals surface area (Å²) in [6.07, 6.45) is 0. The van der Waals surface area contributed by atoms with Crippen molar-refractivity contribution in [2.75, 3.05) is 6.61 Å². The van der Waals surface area contributed by atoms with Crippen LogP contribution in [0.3, 0.4) is 0 Å². The van der Waals surface area contributed by atoms with Gasteiger partial charge in [-0.3, -0.25) is 4.79 Å². The molecule has 0 aromatic rings. The summed E-state index contributed by atoms with van der Waals surface area (Å²) in [6.45, 7) is 2.39. The lowest BCUT2D eigenvalue weighted by Crippen LogP contribution is -2.22. The lowest BCUT2D eigenvalue weighted by Gasteiger charge is -2.11. The van der Waals surface area contributed by atoms with Gasteiger partial charge in [-0.15, -0.1) is 0 Å². The highest BCUT2D eigenvalue weighted by molar-refractivity contribution is 6.48. The topological polar surface area (TPSA) is 43.4 Å². The Hall–Kier alpha value is -0.280. The van der Waals surface area contributed by atoms with Crippen LogP contribution in [0.5, 0.6) is 0 Å². The van der Waals surface area contributed by atoms with Crippen molar-refractivity contribution in [3.05, 3.63) is 0 Å². The molecule has 0 fully saturated rings. The van der Waals surface area contributed by atoms with Gasteiger partial charge in [0.05, 0.1) is 0 Å². The third kappa shape index (κ3) is 6.13. The Balaban J connectivity index is 3.73. The maximum absolute atomic E-state index is 10.5. The van der Waals surface area contributed by atoms with Gasteiger partial charge in [-0.25, -0.2) is 4.79 Å². The second-order valence-corrected chi connectivity index (χ2v) is 4.06. The predicted octanol–water partition coefficient (Wildman–Crippen LogP) is 1.31. The molecule has 0 aromatic heterocycles. The first kappa shape index (κ1) is 10.7. The Morgan fingerprint density at radius 2 is 1.91 bits per heavy atom. The molecule has 11 heavy (non-hydrogen) atoms. The maximum atomic E-state index is 10.5. The molecular weight excluding hydrogens is 191 g/mol. The van der Waals surface area contributed by atoms with E-state index in [1.807, 2.05) is 0 Å². The molecule has 5 heteroatoms. The normalized spacial score (nSPS) is 10.9. The number of hydrogen-bond acceptors (Lipinski definition) is 3. The molecule has 0 radical (unpaired) electrons. The quantitative estimate of drug-likeness (QED) is 0.391. The van der Waals surface area contributed by atoms with Crippen LogP contribution >= 0.6 is 23.2 Å². The lowest BCUT2D eigenvalue weighted by atomic mass is 10.4. The fourth-order valence-electron chi connectivity index (χ4n) is 0.294. The molecule has 0 heterocycles. The number of carbonyl (C=O) groups excluding carboxylic acids is 2. The van der Waals surface area contributed by atoms with E-state index in [-0.39, 0.29) is 6.61 Å². The first-order valence-electron chi connectivity index (χ1n) is 2.88. The van der Waals surface area contributed by atoms with Gasteiger partial charge in [0, 0.05) is 6.92 Å². The molecule has 3 nitrogen and oxygen atoms in total. The van der Waals surface area contributed by atoms with E-state index in [0.717, 1.165) is 6.92 Å². The number of alkyl halides is 2. The second kappa shape index (κ2) is 3.93. The van der Waals surface area contributed by atoms with Crippen LogP contribution in [0.25, 0.3) is 0 Å². The summed E-state index contributed by atoms with van der Waals surface area (Å²) in [7, 11) is 0. The first-order chi connectivity index (χ1) is 4.83. The molecule has 0 aliphatic heterocycles. The summed E-state index contributed by atoms with van der Waals surface area (Å²) >= 11 is 10.9. The van der Waals surface area contributed by atoms with Crippen LogP contribution in [0.15, 0.2) is 0 Å². The summed E-state index contributed by atoms with van der Waals surface area (Å²) in [4.78, 5) is 20.8. The molecule has 0 bridgehead atoms. The molecular formula is C6H8Cl2O3. The Labute approximate surface area is 74.6 Å². The van der Waals surface area contributed by atoms with Crippen molar-refractivity contribution in [1.29, 1.82) is 0 Å². The fourth-order valence-corrected chi connectivity index (χ4v) is 0.403. The highest BCUT2D eigenvalue weighted by Gasteiger charge is 2.20. The largest absolute Gasteiger partial charge is 0.457 e. The van der Waals surface area contributed by atoms with Crippen molar-refractivity contribution >= 4 is 35.0 Å². The van der Waals surface area contributed by atoms with Crippen molar-refractivity contribution in [3.8, 4) is 0 Å². The summed E-state index contributed by atoms with van der Waals surface area (Å²) in [5, 5.41) is 0. The number of Topliss-reactive ketones (excluding diaryl/α,β-unsaturated/α-hetero) is 1. The summed E-state index contributed by atoms with van der Waals surface area (Å²) < 4.78 is 3.28. The maximum Gasteiger partial charge on any atom is 0.374 e. The Morgan fingerprint density at radius 1 is 1.45 bits per heavy atom. The third-order valence-electron chi connectivity index (χ3n) is 0.744. The van der Waals surface area contributed by atoms with Crippen LogP contribution in [-0.2, 0) is 14.3 Å². The number of ketones is 1. The van der Waals surface area contributed by atoms with E-state index < -0.39 is 16.1 Å². The molecule has 0 aliphatic carbocycles. The highest BCUT2D eigenvalue weighted by atomic mass is 35.5. The monoisotopic (exact) mass is 198 g/mol. The van der Waals surface area contributed by atoms with Gasteiger partial charge in [-0.1, -0.05) is 23.2 Å². The Bertz CT molecular complexity index is 171. The van der Waals surface area contributed by atoms with Gasteiger partial charge >= 0.3 is 5.97 Å². The minimum atomic E-state index is -1.13. The number of ether oxygens (including phenoxy) is 1. The van der Waals surface area contributed by atoms with E-state index in [4.69, 9.17) is 23.2 Å². The SMILES string of the molecule is CC(=O)C(=O)OCC(C)(Cl)Cl. The van der Waals surface area contributed by atoms with Crippen molar-refractivity contribution in [2.45, 2.75) is 18.2 Å². The number of rotatable bonds is 3. The smallest absolute Gasteiger partial charge is 0.374 e. The highest BCUT2D eigenvalue weighted by Crippen LogP contribution is 2.19. The molecule has 0 unspecified atom stereocenters. The van der Waals surface area contributed by atoms with E-state index in [0.29, 0.717) is 0 Å². The zero-order chi connectivity index (χ0) is 9.07. The van der Waals surface area contributed by atoms with Crippen molar-refractivity contribution in [1.82, 2.24) is 0 Å². The molecule has 0 atom stereocenters. The molecule has 0 saturated heterocycles. The van der Waals surface area contributed by atoms with E-state index in [1.165, 1.54) is 6.92 Å². The van der Waals surface area contributed by atoms with E-state index >= 15 is 0 Å². The van der Waals surface area contributed by atoms with Crippen LogP contribution in [-0.4, -0.2) is 22.7 Å². The van der Waals surface area contributed by atoms with Gasteiger partial charge in [0.25, 0.3) is 0 Å². The van der Waals surface area contributed by atoms with Crippen molar-refractivity contribution in [2.24, 2.45) is 0 Å². The minimum Gasteiger partial charge on any atom is -0.457 e. The average molecular weight is 199 g/mol. The van der Waals surface area contributed by atoms with E-state index in [9.17, 15) is 9.59 Å². The van der Waals surface area contributed by atoms with Crippen LogP contribution in [0.4, 0.5) is 0 Å². The van der Waals surface area contributed by atoms with Gasteiger partial charge in [0.2, 0.25) is 5.78 Å². The van der Waals surface area contributed by atoms with E-state index in [1.54, 1.807) is 0 Å². The minimum absolute atomic E-state index is 0.186. The van der Waals surface area contributed by atoms with Gasteiger partial charge in [-0.05, 0) is 6.92 Å². The zero-order valence-corrected chi connectivity index (χ0v) is 7.70. The number of hydrogen-bond donors (Lipinski definition) is 0. The number of carbonyl (C=O) groups is 2. The molecule has 0 amide bonds. The third-order valence-corrected chi connectivity index (χ3v) is 0.962. The molecule has 0 spiro atoms. The second-order valence-electron chi connectivity index (χ2n) is 2.20. The lowest BCUT2D eigenvalue weighted by molar-refractivity contribution is -0.153.